The number of carbonyl (C=O) groups is 1. The molecule has 0 saturated carbocycles. The highest BCUT2D eigenvalue weighted by Crippen LogP contribution is 2.17. The Morgan fingerprint density at radius 1 is 0.277 bits per heavy atom. The number of ether oxygens (including phenoxy) is 1. The summed E-state index contributed by atoms with van der Waals surface area (Å²) in [4.78, 5) is 12.0. The lowest BCUT2D eigenvalue weighted by atomic mass is 10.0. The van der Waals surface area contributed by atoms with Gasteiger partial charge in [0.2, 0.25) is 0 Å². The van der Waals surface area contributed by atoms with Crippen LogP contribution < -0.4 is 0 Å². The van der Waals surface area contributed by atoms with E-state index >= 15 is 0 Å². The summed E-state index contributed by atoms with van der Waals surface area (Å²) in [5, 5.41) is 0. The number of hydrogen-bond donors (Lipinski definition) is 0. The van der Waals surface area contributed by atoms with E-state index < -0.39 is 0 Å². The van der Waals surface area contributed by atoms with Crippen molar-refractivity contribution >= 4 is 5.97 Å². The first-order valence-electron chi connectivity index (χ1n) is 22.5. The van der Waals surface area contributed by atoms with Crippen LogP contribution in [0, 0.1) is 0 Å². The SMILES string of the molecule is CCCCCCCCCCCCCCCCCCCCCCCCC(=O)OCCCCCCCCCCCCCCCCCCCC. The highest BCUT2D eigenvalue weighted by atomic mass is 16.5. The highest BCUT2D eigenvalue weighted by Gasteiger charge is 2.03. The zero-order valence-electron chi connectivity index (χ0n) is 33.0. The maximum absolute atomic E-state index is 12.0. The second-order valence-corrected chi connectivity index (χ2v) is 15.4. The van der Waals surface area contributed by atoms with Gasteiger partial charge in [-0.25, -0.2) is 0 Å². The quantitative estimate of drug-likeness (QED) is 0.0480. The highest BCUT2D eigenvalue weighted by molar-refractivity contribution is 5.69. The van der Waals surface area contributed by atoms with Gasteiger partial charge in [-0.05, 0) is 12.8 Å². The molecule has 2 heteroatoms. The molecule has 0 saturated heterocycles. The standard InChI is InChI=1S/C45H90O2/c1-3-5-7-9-11-13-15-17-19-21-23-24-25-26-27-29-31-33-35-37-39-41-43-45(46)47-44-42-40-38-36-34-32-30-28-22-20-18-16-14-12-10-8-6-4-2/h3-44H2,1-2H3. The summed E-state index contributed by atoms with van der Waals surface area (Å²) in [6, 6.07) is 0. The van der Waals surface area contributed by atoms with Crippen molar-refractivity contribution in [1.29, 1.82) is 0 Å². The van der Waals surface area contributed by atoms with Crippen molar-refractivity contribution in [3.05, 3.63) is 0 Å². The van der Waals surface area contributed by atoms with Crippen LogP contribution in [0.25, 0.3) is 0 Å². The molecule has 0 aliphatic carbocycles. The van der Waals surface area contributed by atoms with Gasteiger partial charge in [0.05, 0.1) is 6.61 Å². The molecule has 0 aliphatic heterocycles. The van der Waals surface area contributed by atoms with E-state index in [1.54, 1.807) is 0 Å². The number of carbonyl (C=O) groups excluding carboxylic acids is 1. The third kappa shape index (κ3) is 43.4. The van der Waals surface area contributed by atoms with Crippen LogP contribution in [-0.4, -0.2) is 12.6 Å². The Balaban J connectivity index is 3.14. The summed E-state index contributed by atoms with van der Waals surface area (Å²) in [5.41, 5.74) is 0. The maximum atomic E-state index is 12.0. The fourth-order valence-electron chi connectivity index (χ4n) is 7.14. The summed E-state index contributed by atoms with van der Waals surface area (Å²) in [6.45, 7) is 5.23. The van der Waals surface area contributed by atoms with Crippen LogP contribution in [-0.2, 0) is 9.53 Å². The summed E-state index contributed by atoms with van der Waals surface area (Å²) in [7, 11) is 0. The van der Waals surface area contributed by atoms with Crippen LogP contribution in [0.4, 0.5) is 0 Å². The predicted octanol–water partition coefficient (Wildman–Crippen LogP) is 16.6. The van der Waals surface area contributed by atoms with Crippen LogP contribution in [0.1, 0.15) is 277 Å². The maximum Gasteiger partial charge on any atom is 0.305 e. The second-order valence-electron chi connectivity index (χ2n) is 15.4. The zero-order valence-corrected chi connectivity index (χ0v) is 33.0. The first kappa shape index (κ1) is 46.5. The lowest BCUT2D eigenvalue weighted by Gasteiger charge is -2.06. The Bertz CT molecular complexity index is 558. The minimum atomic E-state index is 0.0325. The van der Waals surface area contributed by atoms with Gasteiger partial charge in [0, 0.05) is 6.42 Å². The molecule has 0 fully saturated rings. The van der Waals surface area contributed by atoms with Gasteiger partial charge in [-0.2, -0.15) is 0 Å². The largest absolute Gasteiger partial charge is 0.466 e. The third-order valence-corrected chi connectivity index (χ3v) is 10.5. The zero-order chi connectivity index (χ0) is 34.0. The van der Waals surface area contributed by atoms with Gasteiger partial charge in [0.1, 0.15) is 0 Å². The minimum absolute atomic E-state index is 0.0325. The molecule has 0 amide bonds. The van der Waals surface area contributed by atoms with Gasteiger partial charge in [0.25, 0.3) is 0 Å². The molecule has 0 unspecified atom stereocenters. The molecule has 0 rings (SSSR count). The van der Waals surface area contributed by atoms with Gasteiger partial charge in [-0.1, -0.05) is 258 Å². The Hall–Kier alpha value is -0.530. The molecular weight excluding hydrogens is 572 g/mol. The molecule has 0 heterocycles. The summed E-state index contributed by atoms with van der Waals surface area (Å²) in [5.74, 6) is 0.0325. The van der Waals surface area contributed by atoms with E-state index in [-0.39, 0.29) is 5.97 Å². The predicted molar refractivity (Wildman–Crippen MR) is 212 cm³/mol. The van der Waals surface area contributed by atoms with Gasteiger partial charge < -0.3 is 4.74 Å². The van der Waals surface area contributed by atoms with E-state index in [0.717, 1.165) is 12.8 Å². The Labute approximate surface area is 298 Å². The molecule has 0 radical (unpaired) electrons. The molecule has 0 bridgehead atoms. The molecule has 0 aromatic rings. The first-order valence-corrected chi connectivity index (χ1v) is 22.5. The lowest BCUT2D eigenvalue weighted by molar-refractivity contribution is -0.143. The van der Waals surface area contributed by atoms with Crippen molar-refractivity contribution in [3.63, 3.8) is 0 Å². The van der Waals surface area contributed by atoms with E-state index in [1.165, 1.54) is 244 Å². The van der Waals surface area contributed by atoms with Crippen LogP contribution >= 0.6 is 0 Å². The second kappa shape index (κ2) is 43.5. The number of esters is 1. The molecule has 0 aliphatic rings. The van der Waals surface area contributed by atoms with Crippen LogP contribution in [0.2, 0.25) is 0 Å². The van der Waals surface area contributed by atoms with Gasteiger partial charge in [-0.15, -0.1) is 0 Å². The number of unbranched alkanes of at least 4 members (excludes halogenated alkanes) is 38. The van der Waals surface area contributed by atoms with Crippen molar-refractivity contribution in [3.8, 4) is 0 Å². The molecule has 282 valence electrons. The van der Waals surface area contributed by atoms with Crippen molar-refractivity contribution in [2.24, 2.45) is 0 Å². The number of hydrogen-bond acceptors (Lipinski definition) is 2. The average molecular weight is 663 g/mol. The van der Waals surface area contributed by atoms with E-state index in [2.05, 4.69) is 13.8 Å². The summed E-state index contributed by atoms with van der Waals surface area (Å²) >= 11 is 0. The smallest absolute Gasteiger partial charge is 0.305 e. The van der Waals surface area contributed by atoms with Crippen molar-refractivity contribution in [2.45, 2.75) is 277 Å². The molecule has 0 aromatic carbocycles. The minimum Gasteiger partial charge on any atom is -0.466 e. The fraction of sp³-hybridized carbons (Fsp3) is 0.978. The lowest BCUT2D eigenvalue weighted by Crippen LogP contribution is -2.05. The molecular formula is C45H90O2. The topological polar surface area (TPSA) is 26.3 Å². The van der Waals surface area contributed by atoms with Crippen molar-refractivity contribution < 1.29 is 9.53 Å². The Kier molecular flexibility index (Phi) is 43.0. The molecule has 47 heavy (non-hydrogen) atoms. The summed E-state index contributed by atoms with van der Waals surface area (Å²) < 4.78 is 5.48. The molecule has 0 aromatic heterocycles. The average Bonchev–Trinajstić information content (AvgIpc) is 3.08. The Morgan fingerprint density at radius 2 is 0.468 bits per heavy atom. The molecule has 0 atom stereocenters. The van der Waals surface area contributed by atoms with E-state index in [4.69, 9.17) is 4.74 Å². The Morgan fingerprint density at radius 3 is 0.702 bits per heavy atom. The molecule has 0 N–H and O–H groups in total. The number of rotatable bonds is 42. The van der Waals surface area contributed by atoms with Crippen LogP contribution in [0.5, 0.6) is 0 Å². The molecule has 2 nitrogen and oxygen atoms in total. The first-order chi connectivity index (χ1) is 23.3. The van der Waals surface area contributed by atoms with Gasteiger partial charge in [0.15, 0.2) is 0 Å². The van der Waals surface area contributed by atoms with E-state index in [9.17, 15) is 4.79 Å². The normalized spacial score (nSPS) is 11.4. The van der Waals surface area contributed by atoms with Gasteiger partial charge in [-0.3, -0.25) is 4.79 Å². The van der Waals surface area contributed by atoms with Crippen molar-refractivity contribution in [1.82, 2.24) is 0 Å². The van der Waals surface area contributed by atoms with Crippen LogP contribution in [0.3, 0.4) is 0 Å². The van der Waals surface area contributed by atoms with E-state index in [1.807, 2.05) is 0 Å². The fourth-order valence-corrected chi connectivity index (χ4v) is 7.14. The van der Waals surface area contributed by atoms with Gasteiger partial charge >= 0.3 is 5.97 Å². The third-order valence-electron chi connectivity index (χ3n) is 10.5. The molecule has 0 spiro atoms. The van der Waals surface area contributed by atoms with Crippen molar-refractivity contribution in [2.75, 3.05) is 6.61 Å². The monoisotopic (exact) mass is 663 g/mol. The van der Waals surface area contributed by atoms with E-state index in [0.29, 0.717) is 13.0 Å². The van der Waals surface area contributed by atoms with Crippen LogP contribution in [0.15, 0.2) is 0 Å². The summed E-state index contributed by atoms with van der Waals surface area (Å²) in [6.07, 6.45) is 56.4.